The Bertz CT molecular complexity index is 1140. The number of furan rings is 1. The molecule has 2 heterocycles. The number of anilines is 1. The van der Waals surface area contributed by atoms with Crippen molar-refractivity contribution in [3.63, 3.8) is 0 Å². The van der Waals surface area contributed by atoms with Crippen molar-refractivity contribution in [2.75, 3.05) is 5.32 Å². The number of halogens is 1. The summed E-state index contributed by atoms with van der Waals surface area (Å²) in [5, 5.41) is 3.58. The molecule has 0 spiro atoms. The van der Waals surface area contributed by atoms with Crippen LogP contribution in [-0.2, 0) is 4.79 Å². The highest BCUT2D eigenvalue weighted by Gasteiger charge is 2.43. The van der Waals surface area contributed by atoms with E-state index in [9.17, 15) is 4.79 Å². The van der Waals surface area contributed by atoms with Crippen LogP contribution in [0, 0.1) is 5.92 Å². The van der Waals surface area contributed by atoms with Gasteiger partial charge in [-0.15, -0.1) is 0 Å². The molecule has 5 rings (SSSR count). The number of benzene rings is 2. The van der Waals surface area contributed by atoms with Gasteiger partial charge in [0, 0.05) is 27.8 Å². The van der Waals surface area contributed by atoms with E-state index >= 15 is 0 Å². The van der Waals surface area contributed by atoms with Gasteiger partial charge in [-0.1, -0.05) is 77.8 Å². The molecular formula is C27H27BrN2O2S. The van der Waals surface area contributed by atoms with Crippen molar-refractivity contribution in [1.29, 1.82) is 0 Å². The smallest absolute Gasteiger partial charge is 0.263 e. The Morgan fingerprint density at radius 1 is 1.03 bits per heavy atom. The van der Waals surface area contributed by atoms with Crippen LogP contribution < -0.4 is 5.32 Å². The standard InChI is InChI=1S/C27H27BrN2O2S/c1-18-7-5-6-10-23(18)30-26(31)25(33-27(30)29-21-8-3-2-4-9-21)17-22-15-16-24(32-22)19-11-13-20(28)14-12-19/h2-4,8-9,11-18,23,27,29H,5-7,10H2,1H3/b25-17-/t18-,23+,27?/m1/s1. The zero-order valence-electron chi connectivity index (χ0n) is 18.5. The number of nitrogens with zero attached hydrogens (tertiary/aromatic N) is 1. The summed E-state index contributed by atoms with van der Waals surface area (Å²) < 4.78 is 7.11. The van der Waals surface area contributed by atoms with Crippen LogP contribution in [0.3, 0.4) is 0 Å². The number of rotatable bonds is 5. The van der Waals surface area contributed by atoms with E-state index in [2.05, 4.69) is 33.1 Å². The minimum atomic E-state index is -0.127. The number of hydrogen-bond acceptors (Lipinski definition) is 4. The maximum atomic E-state index is 13.6. The SMILES string of the molecule is C[C@@H]1CCCC[C@@H]1N1C(=O)/C(=C/c2ccc(-c3ccc(Br)cc3)o2)SC1Nc1ccccc1. The number of hydrogen-bond donors (Lipinski definition) is 1. The van der Waals surface area contributed by atoms with Crippen LogP contribution >= 0.6 is 27.7 Å². The average Bonchev–Trinajstić information content (AvgIpc) is 3.40. The van der Waals surface area contributed by atoms with E-state index in [0.29, 0.717) is 11.7 Å². The van der Waals surface area contributed by atoms with Crippen molar-refractivity contribution in [2.24, 2.45) is 5.92 Å². The second-order valence-electron chi connectivity index (χ2n) is 8.74. The monoisotopic (exact) mass is 522 g/mol. The van der Waals surface area contributed by atoms with Crippen molar-refractivity contribution in [2.45, 2.75) is 44.1 Å². The Balaban J connectivity index is 1.42. The van der Waals surface area contributed by atoms with Gasteiger partial charge in [-0.05, 0) is 55.2 Å². The highest BCUT2D eigenvalue weighted by Crippen LogP contribution is 2.42. The molecular weight excluding hydrogens is 496 g/mol. The summed E-state index contributed by atoms with van der Waals surface area (Å²) in [6.45, 7) is 2.28. The van der Waals surface area contributed by atoms with Crippen molar-refractivity contribution >= 4 is 45.4 Å². The van der Waals surface area contributed by atoms with E-state index in [1.807, 2.05) is 72.8 Å². The first-order chi connectivity index (χ1) is 16.1. The maximum absolute atomic E-state index is 13.6. The molecule has 3 atom stereocenters. The van der Waals surface area contributed by atoms with Crippen molar-refractivity contribution in [1.82, 2.24) is 4.90 Å². The number of para-hydroxylation sites is 1. The van der Waals surface area contributed by atoms with E-state index in [1.54, 1.807) is 11.8 Å². The molecule has 33 heavy (non-hydrogen) atoms. The number of carbonyl (C=O) groups excluding carboxylic acids is 1. The normalized spacial score (nSPS) is 24.4. The molecule has 2 aliphatic rings. The van der Waals surface area contributed by atoms with E-state index < -0.39 is 0 Å². The molecule has 1 saturated heterocycles. The quantitative estimate of drug-likeness (QED) is 0.350. The second kappa shape index (κ2) is 9.82. The summed E-state index contributed by atoms with van der Waals surface area (Å²) in [7, 11) is 0. The van der Waals surface area contributed by atoms with Gasteiger partial charge in [0.15, 0.2) is 5.50 Å². The van der Waals surface area contributed by atoms with E-state index in [-0.39, 0.29) is 17.4 Å². The van der Waals surface area contributed by atoms with Crippen LogP contribution in [0.4, 0.5) is 5.69 Å². The molecule has 6 heteroatoms. The number of nitrogens with one attached hydrogen (secondary N) is 1. The number of carbonyl (C=O) groups is 1. The number of amides is 1. The molecule has 170 valence electrons. The van der Waals surface area contributed by atoms with Gasteiger partial charge >= 0.3 is 0 Å². The first kappa shape index (κ1) is 22.4. The third-order valence-corrected chi connectivity index (χ3v) is 8.10. The van der Waals surface area contributed by atoms with Gasteiger partial charge in [-0.3, -0.25) is 4.79 Å². The third kappa shape index (κ3) is 4.92. The predicted octanol–water partition coefficient (Wildman–Crippen LogP) is 7.60. The molecule has 1 amide bonds. The van der Waals surface area contributed by atoms with Gasteiger partial charge in [0.05, 0.1) is 4.91 Å². The molecule has 1 N–H and O–H groups in total. The summed E-state index contributed by atoms with van der Waals surface area (Å²) >= 11 is 5.05. The largest absolute Gasteiger partial charge is 0.457 e. The topological polar surface area (TPSA) is 45.5 Å². The van der Waals surface area contributed by atoms with Gasteiger partial charge in [-0.25, -0.2) is 0 Å². The van der Waals surface area contributed by atoms with Gasteiger partial charge in [0.25, 0.3) is 5.91 Å². The Kier molecular flexibility index (Phi) is 6.65. The summed E-state index contributed by atoms with van der Waals surface area (Å²) in [5.41, 5.74) is 1.90. The van der Waals surface area contributed by atoms with Gasteiger partial charge in [-0.2, -0.15) is 0 Å². The van der Waals surface area contributed by atoms with Crippen LogP contribution in [0.2, 0.25) is 0 Å². The molecule has 2 aromatic carbocycles. The number of thioether (sulfide) groups is 1. The van der Waals surface area contributed by atoms with E-state index in [4.69, 9.17) is 4.42 Å². The lowest BCUT2D eigenvalue weighted by Crippen LogP contribution is -2.48. The highest BCUT2D eigenvalue weighted by molar-refractivity contribution is 9.10. The Labute approximate surface area is 207 Å². The maximum Gasteiger partial charge on any atom is 0.263 e. The predicted molar refractivity (Wildman–Crippen MR) is 140 cm³/mol. The molecule has 1 saturated carbocycles. The molecule has 0 radical (unpaired) electrons. The van der Waals surface area contributed by atoms with Crippen LogP contribution in [0.1, 0.15) is 38.4 Å². The van der Waals surface area contributed by atoms with Crippen LogP contribution in [0.15, 0.2) is 80.5 Å². The first-order valence-corrected chi connectivity index (χ1v) is 13.1. The molecule has 1 aliphatic carbocycles. The lowest BCUT2D eigenvalue weighted by molar-refractivity contribution is -0.129. The van der Waals surface area contributed by atoms with E-state index in [0.717, 1.165) is 32.8 Å². The summed E-state index contributed by atoms with van der Waals surface area (Å²) in [6, 6.07) is 22.3. The molecule has 4 nitrogen and oxygen atoms in total. The van der Waals surface area contributed by atoms with Crippen molar-refractivity contribution in [3.8, 4) is 11.3 Å². The molecule has 2 fully saturated rings. The summed E-state index contributed by atoms with van der Waals surface area (Å²) in [4.78, 5) is 16.4. The molecule has 0 bridgehead atoms. The molecule has 1 aliphatic heterocycles. The Morgan fingerprint density at radius 2 is 1.79 bits per heavy atom. The minimum Gasteiger partial charge on any atom is -0.457 e. The lowest BCUT2D eigenvalue weighted by Gasteiger charge is -2.39. The highest BCUT2D eigenvalue weighted by atomic mass is 79.9. The fourth-order valence-electron chi connectivity index (χ4n) is 4.70. The summed E-state index contributed by atoms with van der Waals surface area (Å²) in [5.74, 6) is 2.08. The van der Waals surface area contributed by atoms with Crippen LogP contribution in [0.5, 0.6) is 0 Å². The molecule has 3 aromatic rings. The Hall–Kier alpha value is -2.44. The zero-order chi connectivity index (χ0) is 22.8. The van der Waals surface area contributed by atoms with Crippen LogP contribution in [-0.4, -0.2) is 22.3 Å². The van der Waals surface area contributed by atoms with Crippen molar-refractivity contribution in [3.05, 3.63) is 81.9 Å². The molecule has 1 unspecified atom stereocenters. The van der Waals surface area contributed by atoms with Gasteiger partial charge in [0.2, 0.25) is 0 Å². The fourth-order valence-corrected chi connectivity index (χ4v) is 6.15. The fraction of sp³-hybridized carbons (Fsp3) is 0.296. The summed E-state index contributed by atoms with van der Waals surface area (Å²) in [6.07, 6.45) is 6.54. The second-order valence-corrected chi connectivity index (χ2v) is 10.8. The first-order valence-electron chi connectivity index (χ1n) is 11.5. The lowest BCUT2D eigenvalue weighted by atomic mass is 9.85. The molecule has 1 aromatic heterocycles. The van der Waals surface area contributed by atoms with Gasteiger partial charge < -0.3 is 14.6 Å². The third-order valence-electron chi connectivity index (χ3n) is 6.45. The van der Waals surface area contributed by atoms with Crippen LogP contribution in [0.25, 0.3) is 17.4 Å². The van der Waals surface area contributed by atoms with Crippen molar-refractivity contribution < 1.29 is 9.21 Å². The van der Waals surface area contributed by atoms with Gasteiger partial charge in [0.1, 0.15) is 11.5 Å². The van der Waals surface area contributed by atoms with E-state index in [1.165, 1.54) is 19.3 Å². The minimum absolute atomic E-state index is 0.0915. The average molecular weight is 523 g/mol. The zero-order valence-corrected chi connectivity index (χ0v) is 20.9. The Morgan fingerprint density at radius 3 is 2.55 bits per heavy atom.